The van der Waals surface area contributed by atoms with Gasteiger partial charge >= 0.3 is 0 Å². The van der Waals surface area contributed by atoms with Crippen LogP contribution in [0.5, 0.6) is 5.88 Å². The number of pyridine rings is 2. The van der Waals surface area contributed by atoms with Crippen molar-refractivity contribution in [2.45, 2.75) is 38.8 Å². The SMILES string of the molecule is Cc1cc(-c2nc(C(=O)NC(C)c3cccc(OC4CC4)n3)c(N)nc2-c2ccn(C)n2)cc(Cl)n1. The van der Waals surface area contributed by atoms with E-state index in [-0.39, 0.29) is 17.6 Å². The van der Waals surface area contributed by atoms with E-state index >= 15 is 0 Å². The Labute approximate surface area is 212 Å². The van der Waals surface area contributed by atoms with E-state index in [0.29, 0.717) is 45.1 Å². The maximum absolute atomic E-state index is 13.3. The summed E-state index contributed by atoms with van der Waals surface area (Å²) >= 11 is 6.22. The summed E-state index contributed by atoms with van der Waals surface area (Å²) < 4.78 is 7.43. The van der Waals surface area contributed by atoms with Gasteiger partial charge in [-0.3, -0.25) is 9.48 Å². The van der Waals surface area contributed by atoms with Gasteiger partial charge in [0, 0.05) is 30.6 Å². The van der Waals surface area contributed by atoms with Crippen molar-refractivity contribution in [1.82, 2.24) is 35.0 Å². The Hall–Kier alpha value is -4.05. The number of nitrogen functional groups attached to an aromatic ring is 1. The van der Waals surface area contributed by atoms with Crippen LogP contribution in [0.2, 0.25) is 5.15 Å². The lowest BCUT2D eigenvalue weighted by Gasteiger charge is -2.16. The highest BCUT2D eigenvalue weighted by Crippen LogP contribution is 2.32. The quantitative estimate of drug-likeness (QED) is 0.362. The minimum Gasteiger partial charge on any atom is -0.474 e. The molecule has 4 heterocycles. The van der Waals surface area contributed by atoms with Gasteiger partial charge in [-0.25, -0.2) is 19.9 Å². The van der Waals surface area contributed by atoms with E-state index in [0.717, 1.165) is 12.8 Å². The van der Waals surface area contributed by atoms with Crippen molar-refractivity contribution in [3.05, 3.63) is 64.8 Å². The van der Waals surface area contributed by atoms with Crippen LogP contribution in [0.15, 0.2) is 42.6 Å². The lowest BCUT2D eigenvalue weighted by atomic mass is 10.1. The maximum Gasteiger partial charge on any atom is 0.274 e. The Morgan fingerprint density at radius 2 is 1.97 bits per heavy atom. The highest BCUT2D eigenvalue weighted by Gasteiger charge is 2.25. The molecule has 0 spiro atoms. The van der Waals surface area contributed by atoms with E-state index in [2.05, 4.69) is 30.4 Å². The molecule has 4 aromatic heterocycles. The largest absolute Gasteiger partial charge is 0.474 e. The minimum absolute atomic E-state index is 0.00694. The number of hydrogen-bond acceptors (Lipinski definition) is 8. The zero-order valence-corrected chi connectivity index (χ0v) is 20.8. The fraction of sp³-hybridized carbons (Fsp3) is 0.280. The second-order valence-electron chi connectivity index (χ2n) is 8.76. The van der Waals surface area contributed by atoms with Crippen LogP contribution < -0.4 is 15.8 Å². The van der Waals surface area contributed by atoms with Gasteiger partial charge in [-0.1, -0.05) is 17.7 Å². The number of nitrogens with two attached hydrogens (primary N) is 1. The molecule has 184 valence electrons. The lowest BCUT2D eigenvalue weighted by molar-refractivity contribution is 0.0934. The summed E-state index contributed by atoms with van der Waals surface area (Å²) in [7, 11) is 1.80. The number of hydrogen-bond donors (Lipinski definition) is 2. The monoisotopic (exact) mass is 504 g/mol. The first-order valence-electron chi connectivity index (χ1n) is 11.5. The number of aryl methyl sites for hydroxylation is 2. The van der Waals surface area contributed by atoms with E-state index in [1.54, 1.807) is 30.1 Å². The predicted molar refractivity (Wildman–Crippen MR) is 135 cm³/mol. The number of carbonyl (C=O) groups is 1. The summed E-state index contributed by atoms with van der Waals surface area (Å²) in [5.74, 6) is 0.0515. The third-order valence-corrected chi connectivity index (χ3v) is 5.83. The molecule has 4 aromatic rings. The Bertz CT molecular complexity index is 1430. The van der Waals surface area contributed by atoms with Gasteiger partial charge in [0.05, 0.1) is 17.4 Å². The van der Waals surface area contributed by atoms with Crippen LogP contribution in [-0.2, 0) is 7.05 Å². The molecule has 1 unspecified atom stereocenters. The number of carbonyl (C=O) groups excluding carboxylic acids is 1. The van der Waals surface area contributed by atoms with Crippen molar-refractivity contribution >= 4 is 23.3 Å². The normalized spacial score (nSPS) is 13.9. The average Bonchev–Trinajstić information content (AvgIpc) is 3.54. The molecule has 1 fully saturated rings. The first-order chi connectivity index (χ1) is 17.3. The molecule has 0 aliphatic heterocycles. The van der Waals surface area contributed by atoms with Crippen molar-refractivity contribution in [2.75, 3.05) is 5.73 Å². The highest BCUT2D eigenvalue weighted by molar-refractivity contribution is 6.29. The van der Waals surface area contributed by atoms with Gasteiger partial charge in [0.2, 0.25) is 5.88 Å². The minimum atomic E-state index is -0.478. The van der Waals surface area contributed by atoms with Crippen LogP contribution in [0.4, 0.5) is 5.82 Å². The number of ether oxygens (including phenoxy) is 1. The molecule has 0 bridgehead atoms. The van der Waals surface area contributed by atoms with Crippen LogP contribution in [0.1, 0.15) is 47.7 Å². The molecule has 0 saturated heterocycles. The molecular formula is C25H25ClN8O2. The molecular weight excluding hydrogens is 480 g/mol. The van der Waals surface area contributed by atoms with Gasteiger partial charge in [0.25, 0.3) is 5.91 Å². The number of nitrogens with zero attached hydrogens (tertiary/aromatic N) is 6. The molecule has 10 nitrogen and oxygen atoms in total. The van der Waals surface area contributed by atoms with E-state index in [9.17, 15) is 4.79 Å². The van der Waals surface area contributed by atoms with Gasteiger partial charge in [-0.05, 0) is 51.0 Å². The lowest BCUT2D eigenvalue weighted by Crippen LogP contribution is -2.29. The van der Waals surface area contributed by atoms with E-state index in [1.807, 2.05) is 38.1 Å². The van der Waals surface area contributed by atoms with Crippen LogP contribution in [0.3, 0.4) is 0 Å². The molecule has 3 N–H and O–H groups in total. The number of rotatable bonds is 7. The van der Waals surface area contributed by atoms with Crippen molar-refractivity contribution in [1.29, 1.82) is 0 Å². The first kappa shape index (κ1) is 23.7. The highest BCUT2D eigenvalue weighted by atomic mass is 35.5. The second kappa shape index (κ2) is 9.54. The first-order valence-corrected chi connectivity index (χ1v) is 11.9. The number of anilines is 1. The standard InChI is InChI=1S/C25H25ClN8O2/c1-13-11-15(12-19(26)28-13)21-22(18-9-10-34(3)33-18)32-24(27)23(31-21)25(35)29-14(2)17-5-4-6-20(30-17)36-16-7-8-16/h4-6,9-12,14,16H,7-8H2,1-3H3,(H2,27,32)(H,29,35). The number of nitrogens with one attached hydrogen (secondary N) is 1. The van der Waals surface area contributed by atoms with Gasteiger partial charge in [-0.2, -0.15) is 5.10 Å². The molecule has 1 amide bonds. The predicted octanol–water partition coefficient (Wildman–Crippen LogP) is 3.91. The smallest absolute Gasteiger partial charge is 0.274 e. The van der Waals surface area contributed by atoms with Crippen LogP contribution in [0, 0.1) is 6.92 Å². The molecule has 1 atom stereocenters. The second-order valence-corrected chi connectivity index (χ2v) is 9.15. The third-order valence-electron chi connectivity index (χ3n) is 5.64. The zero-order chi connectivity index (χ0) is 25.4. The summed E-state index contributed by atoms with van der Waals surface area (Å²) in [5, 5.41) is 7.66. The van der Waals surface area contributed by atoms with E-state index < -0.39 is 11.9 Å². The number of amides is 1. The topological polar surface area (TPSA) is 134 Å². The third kappa shape index (κ3) is 5.13. The molecule has 1 saturated carbocycles. The summed E-state index contributed by atoms with van der Waals surface area (Å²) in [5.41, 5.74) is 9.65. The molecule has 5 rings (SSSR count). The summed E-state index contributed by atoms with van der Waals surface area (Å²) in [6, 6.07) is 10.4. The number of halogens is 1. The van der Waals surface area contributed by atoms with Crippen LogP contribution in [0.25, 0.3) is 22.6 Å². The molecule has 1 aliphatic rings. The van der Waals surface area contributed by atoms with Gasteiger partial charge < -0.3 is 15.8 Å². The Kier molecular flexibility index (Phi) is 6.27. The van der Waals surface area contributed by atoms with Crippen LogP contribution >= 0.6 is 11.6 Å². The Morgan fingerprint density at radius 3 is 2.67 bits per heavy atom. The van der Waals surface area contributed by atoms with Gasteiger partial charge in [0.1, 0.15) is 22.6 Å². The van der Waals surface area contributed by atoms with Crippen molar-refractivity contribution in [3.63, 3.8) is 0 Å². The molecule has 11 heteroatoms. The Balaban J connectivity index is 1.49. The fourth-order valence-corrected chi connectivity index (χ4v) is 3.99. The summed E-state index contributed by atoms with van der Waals surface area (Å²) in [4.78, 5) is 31.2. The van der Waals surface area contributed by atoms with Crippen molar-refractivity contribution in [3.8, 4) is 28.5 Å². The average molecular weight is 505 g/mol. The van der Waals surface area contributed by atoms with Crippen molar-refractivity contribution in [2.24, 2.45) is 7.05 Å². The molecule has 1 aliphatic carbocycles. The maximum atomic E-state index is 13.3. The zero-order valence-electron chi connectivity index (χ0n) is 20.1. The van der Waals surface area contributed by atoms with Gasteiger partial charge in [-0.15, -0.1) is 0 Å². The molecule has 0 aromatic carbocycles. The van der Waals surface area contributed by atoms with Crippen molar-refractivity contribution < 1.29 is 9.53 Å². The Morgan fingerprint density at radius 1 is 1.17 bits per heavy atom. The number of aromatic nitrogens is 6. The fourth-order valence-electron chi connectivity index (χ4n) is 3.73. The van der Waals surface area contributed by atoms with E-state index in [4.69, 9.17) is 22.1 Å². The summed E-state index contributed by atoms with van der Waals surface area (Å²) in [6.45, 7) is 3.66. The molecule has 0 radical (unpaired) electrons. The van der Waals surface area contributed by atoms with Gasteiger partial charge in [0.15, 0.2) is 11.5 Å². The summed E-state index contributed by atoms with van der Waals surface area (Å²) in [6.07, 6.45) is 4.09. The van der Waals surface area contributed by atoms with E-state index in [1.165, 1.54) is 0 Å². The molecule has 36 heavy (non-hydrogen) atoms. The van der Waals surface area contributed by atoms with Crippen LogP contribution in [-0.4, -0.2) is 41.7 Å².